The smallest absolute Gasteiger partial charge is 0.307 e. The van der Waals surface area contributed by atoms with E-state index in [4.69, 9.17) is 5.11 Å². The van der Waals surface area contributed by atoms with Crippen LogP contribution >= 0.6 is 11.3 Å². The van der Waals surface area contributed by atoms with Crippen LogP contribution in [0.15, 0.2) is 16.8 Å². The van der Waals surface area contributed by atoms with E-state index >= 15 is 0 Å². The Hall–Kier alpha value is -1.36. The van der Waals surface area contributed by atoms with Crippen molar-refractivity contribution in [3.63, 3.8) is 0 Å². The van der Waals surface area contributed by atoms with Crippen LogP contribution in [0, 0.1) is 11.3 Å². The minimum Gasteiger partial charge on any atom is -0.481 e. The van der Waals surface area contributed by atoms with Crippen LogP contribution in [-0.4, -0.2) is 35.0 Å². The van der Waals surface area contributed by atoms with E-state index in [2.05, 4.69) is 0 Å². The van der Waals surface area contributed by atoms with Crippen LogP contribution in [0.25, 0.3) is 0 Å². The topological polar surface area (TPSA) is 57.6 Å². The fraction of sp³-hybridized carbons (Fsp3) is 0.571. The number of rotatable bonds is 3. The zero-order chi connectivity index (χ0) is 13.5. The Balaban J connectivity index is 1.53. The summed E-state index contributed by atoms with van der Waals surface area (Å²) >= 11 is 1.61. The van der Waals surface area contributed by atoms with Crippen molar-refractivity contribution in [2.24, 2.45) is 11.3 Å². The molecule has 1 saturated carbocycles. The molecule has 4 nitrogen and oxygen atoms in total. The van der Waals surface area contributed by atoms with Crippen molar-refractivity contribution in [3.05, 3.63) is 22.4 Å². The molecule has 1 aromatic rings. The van der Waals surface area contributed by atoms with E-state index in [0.29, 0.717) is 19.5 Å². The maximum absolute atomic E-state index is 12.1. The number of hydrogen-bond donors (Lipinski definition) is 1. The first-order valence-corrected chi connectivity index (χ1v) is 7.57. The SMILES string of the molecule is O=C(O)C1CC12CCN(C(=O)Cc1ccsc1)CC2. The summed E-state index contributed by atoms with van der Waals surface area (Å²) in [6.45, 7) is 1.43. The van der Waals surface area contributed by atoms with Crippen molar-refractivity contribution in [2.75, 3.05) is 13.1 Å². The van der Waals surface area contributed by atoms with Gasteiger partial charge in [0.25, 0.3) is 0 Å². The minimum absolute atomic E-state index is 0.00495. The van der Waals surface area contributed by atoms with Gasteiger partial charge in [0, 0.05) is 13.1 Å². The second-order valence-corrected chi connectivity index (χ2v) is 6.43. The number of thiophene rings is 1. The lowest BCUT2D eigenvalue weighted by Crippen LogP contribution is -2.40. The number of piperidine rings is 1. The van der Waals surface area contributed by atoms with Gasteiger partial charge in [-0.3, -0.25) is 9.59 Å². The average Bonchev–Trinajstić information content (AvgIpc) is 2.84. The number of carboxylic acid groups (broad SMARTS) is 1. The van der Waals surface area contributed by atoms with E-state index in [0.717, 1.165) is 24.8 Å². The summed E-state index contributed by atoms with van der Waals surface area (Å²) in [7, 11) is 0. The summed E-state index contributed by atoms with van der Waals surface area (Å²) in [5.41, 5.74) is 1.08. The molecule has 2 aliphatic rings. The number of hydrogen-bond acceptors (Lipinski definition) is 3. The van der Waals surface area contributed by atoms with Crippen molar-refractivity contribution in [3.8, 4) is 0 Å². The first kappa shape index (κ1) is 12.7. The standard InChI is InChI=1S/C14H17NO3S/c16-12(7-10-1-6-19-9-10)15-4-2-14(3-5-15)8-11(14)13(17)18/h1,6,9,11H,2-5,7-8H2,(H,17,18). The molecule has 2 heterocycles. The van der Waals surface area contributed by atoms with Crippen LogP contribution in [0.4, 0.5) is 0 Å². The molecule has 1 aromatic heterocycles. The molecule has 1 aliphatic carbocycles. The average molecular weight is 279 g/mol. The van der Waals surface area contributed by atoms with Crippen molar-refractivity contribution in [1.29, 1.82) is 0 Å². The van der Waals surface area contributed by atoms with Crippen molar-refractivity contribution < 1.29 is 14.7 Å². The van der Waals surface area contributed by atoms with Gasteiger partial charge in [-0.2, -0.15) is 11.3 Å². The molecule has 1 N–H and O–H groups in total. The predicted molar refractivity (Wildman–Crippen MR) is 72.0 cm³/mol. The maximum atomic E-state index is 12.1. The van der Waals surface area contributed by atoms with Crippen LogP contribution in [0.3, 0.4) is 0 Å². The highest BCUT2D eigenvalue weighted by atomic mass is 32.1. The van der Waals surface area contributed by atoms with Gasteiger partial charge >= 0.3 is 5.97 Å². The van der Waals surface area contributed by atoms with E-state index in [1.807, 2.05) is 21.7 Å². The van der Waals surface area contributed by atoms with E-state index in [1.54, 1.807) is 11.3 Å². The van der Waals surface area contributed by atoms with Gasteiger partial charge < -0.3 is 10.0 Å². The van der Waals surface area contributed by atoms with E-state index in [1.165, 1.54) is 0 Å². The first-order chi connectivity index (χ1) is 9.11. The van der Waals surface area contributed by atoms with Gasteiger partial charge in [-0.15, -0.1) is 0 Å². The quantitative estimate of drug-likeness (QED) is 0.920. The highest BCUT2D eigenvalue weighted by molar-refractivity contribution is 7.07. The third-order valence-corrected chi connectivity index (χ3v) is 5.27. The summed E-state index contributed by atoms with van der Waals surface area (Å²) in [6, 6.07) is 1.98. The predicted octanol–water partition coefficient (Wildman–Crippen LogP) is 2.00. The van der Waals surface area contributed by atoms with Crippen LogP contribution in [0.2, 0.25) is 0 Å². The number of nitrogens with zero attached hydrogens (tertiary/aromatic N) is 1. The molecule has 0 aromatic carbocycles. The molecule has 19 heavy (non-hydrogen) atoms. The number of aliphatic carboxylic acids is 1. The van der Waals surface area contributed by atoms with Crippen LogP contribution in [-0.2, 0) is 16.0 Å². The zero-order valence-electron chi connectivity index (χ0n) is 10.7. The van der Waals surface area contributed by atoms with E-state index < -0.39 is 5.97 Å². The Kier molecular flexibility index (Phi) is 3.09. The van der Waals surface area contributed by atoms with Crippen molar-refractivity contribution >= 4 is 23.2 Å². The van der Waals surface area contributed by atoms with Gasteiger partial charge in [0.1, 0.15) is 0 Å². The fourth-order valence-corrected chi connectivity index (χ4v) is 3.80. The van der Waals surface area contributed by atoms with Gasteiger partial charge in [0.05, 0.1) is 12.3 Å². The highest BCUT2D eigenvalue weighted by Crippen LogP contribution is 2.59. The van der Waals surface area contributed by atoms with E-state index in [9.17, 15) is 9.59 Å². The molecule has 2 fully saturated rings. The molecule has 0 bridgehead atoms. The van der Waals surface area contributed by atoms with Crippen LogP contribution < -0.4 is 0 Å². The van der Waals surface area contributed by atoms with Gasteiger partial charge in [0.2, 0.25) is 5.91 Å². The van der Waals surface area contributed by atoms with Crippen LogP contribution in [0.1, 0.15) is 24.8 Å². The van der Waals surface area contributed by atoms with Crippen LogP contribution in [0.5, 0.6) is 0 Å². The molecule has 1 spiro atoms. The number of carboxylic acids is 1. The second-order valence-electron chi connectivity index (χ2n) is 5.65. The molecule has 0 radical (unpaired) electrons. The van der Waals surface area contributed by atoms with E-state index in [-0.39, 0.29) is 17.2 Å². The molecule has 1 aliphatic heterocycles. The fourth-order valence-electron chi connectivity index (χ4n) is 3.13. The summed E-state index contributed by atoms with van der Waals surface area (Å²) in [4.78, 5) is 25.0. The third-order valence-electron chi connectivity index (χ3n) is 4.54. The third kappa shape index (κ3) is 2.39. The highest BCUT2D eigenvalue weighted by Gasteiger charge is 2.59. The van der Waals surface area contributed by atoms with Crippen molar-refractivity contribution in [2.45, 2.75) is 25.7 Å². The van der Waals surface area contributed by atoms with Gasteiger partial charge in [-0.05, 0) is 47.1 Å². The van der Waals surface area contributed by atoms with Gasteiger partial charge in [-0.25, -0.2) is 0 Å². The summed E-state index contributed by atoms with van der Waals surface area (Å²) in [5, 5.41) is 13.0. The molecule has 3 rings (SSSR count). The Morgan fingerprint density at radius 1 is 1.42 bits per heavy atom. The van der Waals surface area contributed by atoms with Gasteiger partial charge in [-0.1, -0.05) is 0 Å². The molecule has 1 atom stereocenters. The number of amides is 1. The number of likely N-dealkylation sites (tertiary alicyclic amines) is 1. The van der Waals surface area contributed by atoms with Gasteiger partial charge in [0.15, 0.2) is 0 Å². The monoisotopic (exact) mass is 279 g/mol. The Bertz CT molecular complexity index is 489. The summed E-state index contributed by atoms with van der Waals surface area (Å²) in [6.07, 6.45) is 2.96. The lowest BCUT2D eigenvalue weighted by molar-refractivity contribution is -0.139. The lowest BCUT2D eigenvalue weighted by atomic mass is 9.90. The first-order valence-electron chi connectivity index (χ1n) is 6.62. The maximum Gasteiger partial charge on any atom is 0.307 e. The molecule has 1 saturated heterocycles. The number of carbonyl (C=O) groups is 2. The molecule has 1 unspecified atom stereocenters. The summed E-state index contributed by atoms with van der Waals surface area (Å²) in [5.74, 6) is -0.666. The Labute approximate surface area is 116 Å². The molecule has 5 heteroatoms. The molecular weight excluding hydrogens is 262 g/mol. The largest absolute Gasteiger partial charge is 0.481 e. The summed E-state index contributed by atoms with van der Waals surface area (Å²) < 4.78 is 0. The Morgan fingerprint density at radius 2 is 2.16 bits per heavy atom. The second kappa shape index (κ2) is 4.63. The molecule has 1 amide bonds. The minimum atomic E-state index is -0.668. The molecular formula is C14H17NO3S. The number of carbonyl (C=O) groups excluding carboxylic acids is 1. The lowest BCUT2D eigenvalue weighted by Gasteiger charge is -2.32. The normalized spacial score (nSPS) is 24.4. The zero-order valence-corrected chi connectivity index (χ0v) is 11.5. The molecule has 102 valence electrons. The van der Waals surface area contributed by atoms with Crippen molar-refractivity contribution in [1.82, 2.24) is 4.90 Å². The Morgan fingerprint density at radius 3 is 2.68 bits per heavy atom.